The van der Waals surface area contributed by atoms with Crippen molar-refractivity contribution in [2.45, 2.75) is 26.4 Å². The van der Waals surface area contributed by atoms with Crippen LogP contribution in [0.4, 0.5) is 17.1 Å². The van der Waals surface area contributed by atoms with Gasteiger partial charge in [0.25, 0.3) is 5.69 Å². The Balaban J connectivity index is 0.00000133. The summed E-state index contributed by atoms with van der Waals surface area (Å²) in [5.41, 5.74) is 2.17. The molecule has 1 atom stereocenters. The predicted molar refractivity (Wildman–Crippen MR) is 130 cm³/mol. The van der Waals surface area contributed by atoms with Crippen molar-refractivity contribution in [1.29, 1.82) is 0 Å². The number of nitrogens with one attached hydrogen (secondary N) is 1. The third-order valence-corrected chi connectivity index (χ3v) is 4.90. The molecule has 2 rings (SSSR count). The molecule has 0 radical (unpaired) electrons. The lowest BCUT2D eigenvalue weighted by Gasteiger charge is -2.31. The highest BCUT2D eigenvalue weighted by Gasteiger charge is 2.16. The van der Waals surface area contributed by atoms with Crippen LogP contribution in [0.1, 0.15) is 19.4 Å². The number of aliphatic carboxylic acids is 1. The van der Waals surface area contributed by atoms with Crippen LogP contribution in [0.2, 0.25) is 5.02 Å². The Morgan fingerprint density at radius 1 is 1.18 bits per heavy atom. The van der Waals surface area contributed by atoms with Crippen molar-refractivity contribution in [2.75, 3.05) is 40.3 Å². The molecule has 0 heterocycles. The van der Waals surface area contributed by atoms with Crippen molar-refractivity contribution in [3.05, 3.63) is 63.2 Å². The summed E-state index contributed by atoms with van der Waals surface area (Å²) in [6, 6.07) is 11.8. The van der Waals surface area contributed by atoms with E-state index in [1.165, 1.54) is 23.8 Å². The Morgan fingerprint density at radius 3 is 2.32 bits per heavy atom. The molecular weight excluding hydrogens is 462 g/mol. The minimum atomic E-state index is -1.08. The highest BCUT2D eigenvalue weighted by atomic mass is 35.5. The SMILES string of the molecule is CC(=O)[O-].CC(O)C[N+](C)(C)CCNCCc1ccc(N=Nc2ccc([N+](=O)[O-])cc2Cl)cc1. The van der Waals surface area contributed by atoms with E-state index in [0.29, 0.717) is 11.4 Å². The summed E-state index contributed by atoms with van der Waals surface area (Å²) >= 11 is 6.02. The number of hydrogen-bond acceptors (Lipinski definition) is 8. The lowest BCUT2D eigenvalue weighted by molar-refractivity contribution is -0.892. The summed E-state index contributed by atoms with van der Waals surface area (Å²) in [5.74, 6) is -1.08. The summed E-state index contributed by atoms with van der Waals surface area (Å²) in [5, 5.41) is 41.0. The number of azo groups is 1. The maximum atomic E-state index is 10.7. The molecule has 0 bridgehead atoms. The van der Waals surface area contributed by atoms with Crippen LogP contribution >= 0.6 is 11.6 Å². The molecule has 0 amide bonds. The first-order valence-electron chi connectivity index (χ1n) is 10.7. The quantitative estimate of drug-likeness (QED) is 0.162. The molecule has 0 spiro atoms. The van der Waals surface area contributed by atoms with Gasteiger partial charge in [-0.3, -0.25) is 10.1 Å². The summed E-state index contributed by atoms with van der Waals surface area (Å²) in [4.78, 5) is 19.1. The van der Waals surface area contributed by atoms with Gasteiger partial charge in [0, 0.05) is 24.6 Å². The molecule has 0 aromatic heterocycles. The number of carbonyl (C=O) groups is 1. The Labute approximate surface area is 204 Å². The zero-order valence-electron chi connectivity index (χ0n) is 19.9. The average Bonchev–Trinajstić information content (AvgIpc) is 2.72. The van der Waals surface area contributed by atoms with Crippen LogP contribution in [0.3, 0.4) is 0 Å². The molecule has 2 aromatic rings. The molecule has 186 valence electrons. The molecule has 0 aliphatic carbocycles. The van der Waals surface area contributed by atoms with Crippen LogP contribution in [0.15, 0.2) is 52.7 Å². The zero-order valence-corrected chi connectivity index (χ0v) is 20.7. The van der Waals surface area contributed by atoms with Gasteiger partial charge < -0.3 is 24.8 Å². The Kier molecular flexibility index (Phi) is 12.3. The molecule has 2 N–H and O–H groups in total. The van der Waals surface area contributed by atoms with Crippen molar-refractivity contribution in [1.82, 2.24) is 5.32 Å². The van der Waals surface area contributed by atoms with Gasteiger partial charge in [-0.05, 0) is 50.6 Å². The molecule has 2 aromatic carbocycles. The second-order valence-electron chi connectivity index (χ2n) is 8.44. The van der Waals surface area contributed by atoms with Crippen LogP contribution in [-0.2, 0) is 11.2 Å². The van der Waals surface area contributed by atoms with E-state index in [-0.39, 0.29) is 16.8 Å². The predicted octanol–water partition coefficient (Wildman–Crippen LogP) is 3.01. The topological polar surface area (TPSA) is 140 Å². The van der Waals surface area contributed by atoms with Gasteiger partial charge in [-0.2, -0.15) is 5.11 Å². The number of non-ortho nitro benzene ring substituents is 1. The Morgan fingerprint density at radius 2 is 1.79 bits per heavy atom. The Hall–Kier alpha value is -2.92. The van der Waals surface area contributed by atoms with E-state index in [1.807, 2.05) is 31.2 Å². The highest BCUT2D eigenvalue weighted by Crippen LogP contribution is 2.30. The van der Waals surface area contributed by atoms with Gasteiger partial charge in [-0.25, -0.2) is 0 Å². The first-order valence-corrected chi connectivity index (χ1v) is 11.1. The van der Waals surface area contributed by atoms with Gasteiger partial charge in [0.15, 0.2) is 0 Å². The van der Waals surface area contributed by atoms with Gasteiger partial charge in [0.2, 0.25) is 0 Å². The van der Waals surface area contributed by atoms with Crippen molar-refractivity contribution in [3.8, 4) is 0 Å². The van der Waals surface area contributed by atoms with Crippen LogP contribution in [0.25, 0.3) is 0 Å². The molecule has 0 aliphatic rings. The Bertz CT molecular complexity index is 961. The minimum absolute atomic E-state index is 0.0811. The van der Waals surface area contributed by atoms with Crippen LogP contribution in [0.5, 0.6) is 0 Å². The average molecular weight is 494 g/mol. The number of likely N-dealkylation sites (N-methyl/N-ethyl adjacent to an activating group) is 1. The third kappa shape index (κ3) is 12.4. The van der Waals surface area contributed by atoms with Gasteiger partial charge >= 0.3 is 0 Å². The van der Waals surface area contributed by atoms with E-state index in [2.05, 4.69) is 29.6 Å². The zero-order chi connectivity index (χ0) is 25.7. The van der Waals surface area contributed by atoms with E-state index in [1.54, 1.807) is 0 Å². The van der Waals surface area contributed by atoms with Crippen molar-refractivity contribution < 1.29 is 24.4 Å². The number of aliphatic hydroxyl groups is 1. The number of aliphatic hydroxyl groups excluding tert-OH is 1. The van der Waals surface area contributed by atoms with Gasteiger partial charge in [-0.1, -0.05) is 23.7 Å². The lowest BCUT2D eigenvalue weighted by Crippen LogP contribution is -2.48. The second-order valence-corrected chi connectivity index (χ2v) is 8.85. The molecule has 0 aliphatic heterocycles. The fourth-order valence-corrected chi connectivity index (χ4v) is 3.29. The summed E-state index contributed by atoms with van der Waals surface area (Å²) in [6.07, 6.45) is 0.599. The van der Waals surface area contributed by atoms with Crippen molar-refractivity contribution in [2.24, 2.45) is 10.2 Å². The highest BCUT2D eigenvalue weighted by molar-refractivity contribution is 6.33. The number of rotatable bonds is 11. The number of halogens is 1. The maximum Gasteiger partial charge on any atom is 0.271 e. The number of quaternary nitrogens is 1. The normalized spacial score (nSPS) is 12.2. The maximum absolute atomic E-state index is 10.7. The van der Waals surface area contributed by atoms with E-state index < -0.39 is 10.9 Å². The summed E-state index contributed by atoms with van der Waals surface area (Å²) < 4.78 is 0.781. The lowest BCUT2D eigenvalue weighted by atomic mass is 10.1. The van der Waals surface area contributed by atoms with E-state index in [0.717, 1.165) is 44.0 Å². The van der Waals surface area contributed by atoms with Gasteiger partial charge in [0.1, 0.15) is 18.3 Å². The van der Waals surface area contributed by atoms with Crippen LogP contribution < -0.4 is 10.4 Å². The molecule has 34 heavy (non-hydrogen) atoms. The van der Waals surface area contributed by atoms with E-state index in [9.17, 15) is 15.2 Å². The standard InChI is InChI=1S/C21H29ClN5O3.C2H4O2/c1-16(28)15-27(2,3)13-12-23-11-10-17-4-6-18(7-5-17)24-25-21-9-8-19(26(29)30)14-20(21)22;1-2(3)4/h4-9,14,16,23,28H,10-13,15H2,1-3H3;1H3,(H,3,4)/q+1;/p-1. The monoisotopic (exact) mass is 493 g/mol. The summed E-state index contributed by atoms with van der Waals surface area (Å²) in [7, 11) is 4.23. The molecule has 0 saturated carbocycles. The fourth-order valence-electron chi connectivity index (χ4n) is 3.08. The molecule has 0 fully saturated rings. The molecule has 0 saturated heterocycles. The number of nitro benzene ring substituents is 1. The largest absolute Gasteiger partial charge is 0.550 e. The molecule has 11 heteroatoms. The fraction of sp³-hybridized carbons (Fsp3) is 0.435. The van der Waals surface area contributed by atoms with Crippen LogP contribution in [-0.4, -0.2) is 66.9 Å². The number of nitro groups is 1. The summed E-state index contributed by atoms with van der Waals surface area (Å²) in [6.45, 7) is 6.24. The van der Waals surface area contributed by atoms with Crippen LogP contribution in [0, 0.1) is 10.1 Å². The third-order valence-electron chi connectivity index (χ3n) is 4.59. The number of nitrogens with zero attached hydrogens (tertiary/aromatic N) is 4. The molecule has 10 nitrogen and oxygen atoms in total. The smallest absolute Gasteiger partial charge is 0.271 e. The van der Waals surface area contributed by atoms with Crippen molar-refractivity contribution in [3.63, 3.8) is 0 Å². The number of benzene rings is 2. The molecule has 1 unspecified atom stereocenters. The van der Waals surface area contributed by atoms with Gasteiger partial charge in [-0.15, -0.1) is 5.11 Å². The second kappa shape index (κ2) is 14.4. The number of carboxylic acid groups (broad SMARTS) is 1. The first kappa shape index (κ1) is 29.1. The van der Waals surface area contributed by atoms with Gasteiger partial charge in [0.05, 0.1) is 36.3 Å². The number of carbonyl (C=O) groups excluding carboxylic acids is 1. The minimum Gasteiger partial charge on any atom is -0.550 e. The van der Waals surface area contributed by atoms with Crippen molar-refractivity contribution >= 4 is 34.6 Å². The number of hydrogen-bond donors (Lipinski definition) is 2. The number of carboxylic acids is 1. The first-order chi connectivity index (χ1) is 15.9. The van der Waals surface area contributed by atoms with E-state index >= 15 is 0 Å². The molecular formula is C23H32ClN5O5. The van der Waals surface area contributed by atoms with E-state index in [4.69, 9.17) is 21.5 Å².